The van der Waals surface area contributed by atoms with Crippen molar-refractivity contribution in [3.63, 3.8) is 0 Å². The van der Waals surface area contributed by atoms with Crippen molar-refractivity contribution >= 4 is 35.4 Å². The van der Waals surface area contributed by atoms with Crippen LogP contribution in [0.5, 0.6) is 5.75 Å². The van der Waals surface area contributed by atoms with Gasteiger partial charge < -0.3 is 20.3 Å². The summed E-state index contributed by atoms with van der Waals surface area (Å²) in [5, 5.41) is 5.12. The molecule has 1 fully saturated rings. The van der Waals surface area contributed by atoms with Crippen LogP contribution in [-0.4, -0.2) is 70.8 Å². The minimum absolute atomic E-state index is 0.00295. The van der Waals surface area contributed by atoms with Gasteiger partial charge in [0.2, 0.25) is 5.95 Å². The highest BCUT2D eigenvalue weighted by molar-refractivity contribution is 6.04. The van der Waals surface area contributed by atoms with Crippen molar-refractivity contribution < 1.29 is 41.1 Å². The van der Waals surface area contributed by atoms with Gasteiger partial charge in [-0.1, -0.05) is 26.0 Å². The first-order chi connectivity index (χ1) is 23.2. The number of hydrogen-bond donors (Lipinski definition) is 2. The zero-order valence-corrected chi connectivity index (χ0v) is 27.5. The first kappa shape index (κ1) is 35.4. The van der Waals surface area contributed by atoms with Crippen LogP contribution >= 0.6 is 0 Å². The molecule has 11 nitrogen and oxygen atoms in total. The third kappa shape index (κ3) is 7.00. The normalized spacial score (nSPS) is 15.1. The molecular formula is C33H36F5N7O4. The highest BCUT2D eigenvalue weighted by Gasteiger charge is 2.43. The molecule has 3 aromatic rings. The summed E-state index contributed by atoms with van der Waals surface area (Å²) in [7, 11) is 0. The van der Waals surface area contributed by atoms with E-state index < -0.39 is 58.8 Å². The highest BCUT2D eigenvalue weighted by atomic mass is 19.4. The van der Waals surface area contributed by atoms with Crippen LogP contribution in [0.3, 0.4) is 0 Å². The van der Waals surface area contributed by atoms with Gasteiger partial charge in [-0.2, -0.15) is 18.2 Å². The number of fused-ring (bicyclic) bond motifs is 1. The summed E-state index contributed by atoms with van der Waals surface area (Å²) in [5.41, 5.74) is -1.10. The van der Waals surface area contributed by atoms with Gasteiger partial charge in [0.15, 0.2) is 11.6 Å². The number of carbonyl (C=O) groups excluding carboxylic acids is 3. The third-order valence-corrected chi connectivity index (χ3v) is 8.41. The molecule has 2 aromatic carbocycles. The van der Waals surface area contributed by atoms with Gasteiger partial charge in [-0.3, -0.25) is 9.69 Å². The number of benzene rings is 2. The SMILES string of the molecule is CCC(CC)N1CCN(c2nc(-c3c(C)ccc(C(=O)NC(C)C)c3OC(=O)C(F)(F)F)c3c(n2)N(c2c(F)cccc2F)C(=O)NC3)C1. The number of ether oxygens (including phenoxy) is 1. The summed E-state index contributed by atoms with van der Waals surface area (Å²) < 4.78 is 76.3. The molecule has 3 amide bonds. The molecule has 2 aliphatic heterocycles. The maximum Gasteiger partial charge on any atom is 0.491 e. The summed E-state index contributed by atoms with van der Waals surface area (Å²) in [4.78, 5) is 53.0. The Hall–Kier alpha value is -4.86. The van der Waals surface area contributed by atoms with Crippen LogP contribution in [0.2, 0.25) is 0 Å². The van der Waals surface area contributed by atoms with Crippen molar-refractivity contribution in [2.45, 2.75) is 72.3 Å². The van der Waals surface area contributed by atoms with Gasteiger partial charge in [0, 0.05) is 36.3 Å². The average Bonchev–Trinajstić information content (AvgIpc) is 3.51. The second-order valence-corrected chi connectivity index (χ2v) is 12.1. The number of aromatic nitrogens is 2. The van der Waals surface area contributed by atoms with E-state index in [-0.39, 0.29) is 46.7 Å². The Balaban J connectivity index is 1.81. The molecule has 0 atom stereocenters. The molecule has 2 N–H and O–H groups in total. The number of halogens is 5. The molecule has 49 heavy (non-hydrogen) atoms. The predicted molar refractivity (Wildman–Crippen MR) is 171 cm³/mol. The van der Waals surface area contributed by atoms with Crippen molar-refractivity contribution in [3.05, 3.63) is 58.7 Å². The van der Waals surface area contributed by atoms with Crippen molar-refractivity contribution in [1.82, 2.24) is 25.5 Å². The van der Waals surface area contributed by atoms with Gasteiger partial charge in [0.1, 0.15) is 17.3 Å². The van der Waals surface area contributed by atoms with Crippen LogP contribution in [0.25, 0.3) is 11.3 Å². The van der Waals surface area contributed by atoms with Gasteiger partial charge in [-0.15, -0.1) is 0 Å². The first-order valence-corrected chi connectivity index (χ1v) is 15.8. The highest BCUT2D eigenvalue weighted by Crippen LogP contribution is 2.44. The van der Waals surface area contributed by atoms with Crippen LogP contribution in [-0.2, 0) is 11.3 Å². The third-order valence-electron chi connectivity index (χ3n) is 8.41. The number of carbonyl (C=O) groups is 3. The van der Waals surface area contributed by atoms with Gasteiger partial charge in [0.05, 0.1) is 24.5 Å². The van der Waals surface area contributed by atoms with E-state index in [4.69, 9.17) is 9.72 Å². The molecule has 1 aromatic heterocycles. The minimum atomic E-state index is -5.43. The topological polar surface area (TPSA) is 120 Å². The van der Waals surface area contributed by atoms with E-state index >= 15 is 8.78 Å². The number of nitrogens with zero attached hydrogens (tertiary/aromatic N) is 5. The number of rotatable bonds is 9. The van der Waals surface area contributed by atoms with Crippen molar-refractivity contribution in [2.75, 3.05) is 29.6 Å². The van der Waals surface area contributed by atoms with E-state index in [2.05, 4.69) is 34.4 Å². The Morgan fingerprint density at radius 1 is 1.04 bits per heavy atom. The molecular weight excluding hydrogens is 653 g/mol. The van der Waals surface area contributed by atoms with Gasteiger partial charge in [-0.25, -0.2) is 28.3 Å². The Bertz CT molecular complexity index is 1760. The van der Waals surface area contributed by atoms with Crippen LogP contribution in [0.15, 0.2) is 30.3 Å². The summed E-state index contributed by atoms with van der Waals surface area (Å²) in [6.07, 6.45) is -3.71. The van der Waals surface area contributed by atoms with E-state index in [0.29, 0.717) is 24.7 Å². The number of esters is 1. The average molecular weight is 690 g/mol. The monoisotopic (exact) mass is 689 g/mol. The minimum Gasteiger partial charge on any atom is -0.418 e. The number of urea groups is 1. The molecule has 0 bridgehead atoms. The summed E-state index contributed by atoms with van der Waals surface area (Å²) >= 11 is 0. The zero-order chi connectivity index (χ0) is 35.8. The lowest BCUT2D eigenvalue weighted by molar-refractivity contribution is -0.189. The molecule has 1 saturated heterocycles. The van der Waals surface area contributed by atoms with Crippen molar-refractivity contribution in [3.8, 4) is 17.0 Å². The second kappa shape index (κ2) is 13.9. The second-order valence-electron chi connectivity index (χ2n) is 12.1. The summed E-state index contributed by atoms with van der Waals surface area (Å²) in [6, 6.07) is 4.60. The molecule has 0 saturated carbocycles. The Morgan fingerprint density at radius 2 is 1.71 bits per heavy atom. The van der Waals surface area contributed by atoms with Crippen LogP contribution in [0, 0.1) is 18.6 Å². The quantitative estimate of drug-likeness (QED) is 0.160. The molecule has 262 valence electrons. The summed E-state index contributed by atoms with van der Waals surface area (Å²) in [5.74, 6) is -6.52. The fourth-order valence-corrected chi connectivity index (χ4v) is 6.03. The van der Waals surface area contributed by atoms with Crippen molar-refractivity contribution in [1.29, 1.82) is 0 Å². The lowest BCUT2D eigenvalue weighted by Gasteiger charge is -2.32. The molecule has 0 aliphatic carbocycles. The molecule has 3 heterocycles. The van der Waals surface area contributed by atoms with E-state index in [1.165, 1.54) is 19.1 Å². The van der Waals surface area contributed by atoms with Crippen molar-refractivity contribution in [2.24, 2.45) is 0 Å². The lowest BCUT2D eigenvalue weighted by Crippen LogP contribution is -2.43. The van der Waals surface area contributed by atoms with Crippen LogP contribution < -0.4 is 25.2 Å². The molecule has 0 spiro atoms. The van der Waals surface area contributed by atoms with Crippen LogP contribution in [0.4, 0.5) is 44.2 Å². The maximum absolute atomic E-state index is 15.2. The number of para-hydroxylation sites is 1. The maximum atomic E-state index is 15.2. The molecule has 2 aliphatic rings. The first-order valence-electron chi connectivity index (χ1n) is 15.8. The fraction of sp³-hybridized carbons (Fsp3) is 0.424. The lowest BCUT2D eigenvalue weighted by atomic mass is 9.95. The van der Waals surface area contributed by atoms with Crippen LogP contribution in [0.1, 0.15) is 62.0 Å². The Morgan fingerprint density at radius 3 is 2.33 bits per heavy atom. The zero-order valence-electron chi connectivity index (χ0n) is 27.5. The Kier molecular flexibility index (Phi) is 10.1. The summed E-state index contributed by atoms with van der Waals surface area (Å²) in [6.45, 7) is 9.97. The van der Waals surface area contributed by atoms with E-state index in [9.17, 15) is 27.6 Å². The van der Waals surface area contributed by atoms with E-state index in [1.54, 1.807) is 18.7 Å². The van der Waals surface area contributed by atoms with Gasteiger partial charge in [-0.05, 0) is 57.4 Å². The number of aryl methyl sites for hydroxylation is 1. The number of amides is 3. The molecule has 0 radical (unpaired) electrons. The van der Waals surface area contributed by atoms with Gasteiger partial charge in [0.25, 0.3) is 5.91 Å². The molecule has 5 rings (SSSR count). The van der Waals surface area contributed by atoms with E-state index in [1.807, 2.05) is 0 Å². The van der Waals surface area contributed by atoms with E-state index in [0.717, 1.165) is 31.0 Å². The number of nitrogens with one attached hydrogen (secondary N) is 2. The molecule has 16 heteroatoms. The Labute approximate surface area is 279 Å². The fourth-order valence-electron chi connectivity index (χ4n) is 6.03. The smallest absolute Gasteiger partial charge is 0.418 e. The predicted octanol–water partition coefficient (Wildman–Crippen LogP) is 5.97. The number of hydrogen-bond acceptors (Lipinski definition) is 8. The standard InChI is InChI=1S/C33H36F5N7O4/c1-6-19(7-2)43-13-14-44(16-43)31-41-25(21-15-39-32(48)45(28(21)42-31)26-22(34)9-8-10-23(26)35)24-18(5)11-12-20(29(46)40-17(3)4)27(24)49-30(47)33(36,37)38/h8-12,17,19H,6-7,13-16H2,1-5H3,(H,39,48)(H,40,46). The number of alkyl halides is 3. The largest absolute Gasteiger partial charge is 0.491 e. The molecule has 0 unspecified atom stereocenters. The van der Waals surface area contributed by atoms with Gasteiger partial charge >= 0.3 is 18.2 Å². The number of anilines is 3.